The van der Waals surface area contributed by atoms with Gasteiger partial charge in [0.15, 0.2) is 17.6 Å². The second-order valence-electron chi connectivity index (χ2n) is 8.05. The van der Waals surface area contributed by atoms with Gasteiger partial charge in [0, 0.05) is 12.5 Å². The van der Waals surface area contributed by atoms with E-state index in [0.29, 0.717) is 35.5 Å². The zero-order valence-corrected chi connectivity index (χ0v) is 18.9. The maximum atomic E-state index is 12.5. The molecule has 7 nitrogen and oxygen atoms in total. The average Bonchev–Trinajstić information content (AvgIpc) is 2.74. The van der Waals surface area contributed by atoms with Crippen LogP contribution in [-0.4, -0.2) is 45.4 Å². The van der Waals surface area contributed by atoms with Crippen molar-refractivity contribution in [2.75, 3.05) is 21.3 Å². The van der Waals surface area contributed by atoms with Crippen LogP contribution in [0, 0.1) is 11.8 Å². The smallest absolute Gasteiger partial charge is 0.306 e. The number of hydrogen-bond donors (Lipinski definition) is 1. The molecule has 4 atom stereocenters. The van der Waals surface area contributed by atoms with Crippen molar-refractivity contribution >= 4 is 11.9 Å². The third-order valence-electron chi connectivity index (χ3n) is 6.05. The minimum Gasteiger partial charge on any atom is -0.493 e. The molecule has 30 heavy (non-hydrogen) atoms. The van der Waals surface area contributed by atoms with E-state index in [1.54, 1.807) is 40.4 Å². The number of esters is 1. The fourth-order valence-electron chi connectivity index (χ4n) is 3.92. The number of nitrogens with one attached hydrogen (secondary N) is 1. The molecule has 0 bridgehead atoms. The molecule has 0 saturated heterocycles. The van der Waals surface area contributed by atoms with Crippen molar-refractivity contribution in [3.63, 3.8) is 0 Å². The molecule has 1 aromatic rings. The number of methoxy groups -OCH3 is 3. The van der Waals surface area contributed by atoms with E-state index in [1.807, 2.05) is 0 Å². The first kappa shape index (κ1) is 23.8. The molecule has 2 rings (SSSR count). The van der Waals surface area contributed by atoms with Crippen LogP contribution in [0.5, 0.6) is 17.2 Å². The van der Waals surface area contributed by atoms with Crippen LogP contribution in [0.2, 0.25) is 0 Å². The van der Waals surface area contributed by atoms with Gasteiger partial charge in [0.25, 0.3) is 5.91 Å². The van der Waals surface area contributed by atoms with Crippen LogP contribution in [0.15, 0.2) is 12.1 Å². The molecule has 1 saturated carbocycles. The van der Waals surface area contributed by atoms with Crippen LogP contribution in [0.1, 0.15) is 52.0 Å². The van der Waals surface area contributed by atoms with Crippen LogP contribution in [0.4, 0.5) is 0 Å². The summed E-state index contributed by atoms with van der Waals surface area (Å²) in [7, 11) is 4.63. The lowest BCUT2D eigenvalue weighted by atomic mass is 9.78. The van der Waals surface area contributed by atoms with Gasteiger partial charge in [-0.25, -0.2) is 0 Å². The minimum absolute atomic E-state index is 0.140. The molecule has 1 aliphatic rings. The lowest BCUT2D eigenvalue weighted by Gasteiger charge is -2.35. The summed E-state index contributed by atoms with van der Waals surface area (Å²) >= 11 is 0. The Morgan fingerprint density at radius 2 is 1.70 bits per heavy atom. The summed E-state index contributed by atoms with van der Waals surface area (Å²) in [6.07, 6.45) is 3.04. The predicted molar refractivity (Wildman–Crippen MR) is 114 cm³/mol. The number of ether oxygens (including phenoxy) is 4. The monoisotopic (exact) mass is 421 g/mol. The summed E-state index contributed by atoms with van der Waals surface area (Å²) in [5.74, 6) is 1.92. The molecular formula is C23H35NO6. The second-order valence-corrected chi connectivity index (χ2v) is 8.05. The Hall–Kier alpha value is -2.44. The van der Waals surface area contributed by atoms with Crippen LogP contribution in [0.3, 0.4) is 0 Å². The molecule has 1 aromatic carbocycles. The lowest BCUT2D eigenvalue weighted by Crippen LogP contribution is -2.47. The first-order valence-electron chi connectivity index (χ1n) is 10.6. The van der Waals surface area contributed by atoms with Gasteiger partial charge in [-0.2, -0.15) is 0 Å². The van der Waals surface area contributed by atoms with Crippen molar-refractivity contribution in [3.8, 4) is 17.2 Å². The summed E-state index contributed by atoms with van der Waals surface area (Å²) in [6, 6.07) is 3.74. The topological polar surface area (TPSA) is 83.1 Å². The summed E-state index contributed by atoms with van der Waals surface area (Å²) in [5, 5.41) is 3.06. The standard InChI is InChI=1S/C23H35NO6/c1-14-8-7-9-18(15(14)2)24-23(26)16(3)30-21(25)11-10-17-12-19(27-4)22(29-6)20(13-17)28-5/h12-16,18H,7-11H2,1-6H3,(H,24,26)/t14-,15+,16+,18+/m0/s1. The van der Waals surface area contributed by atoms with Gasteiger partial charge >= 0.3 is 5.97 Å². The maximum absolute atomic E-state index is 12.5. The Labute approximate surface area is 179 Å². The average molecular weight is 422 g/mol. The van der Waals surface area contributed by atoms with Crippen molar-refractivity contribution in [1.82, 2.24) is 5.32 Å². The van der Waals surface area contributed by atoms with E-state index in [2.05, 4.69) is 19.2 Å². The van der Waals surface area contributed by atoms with E-state index in [9.17, 15) is 9.59 Å². The summed E-state index contributed by atoms with van der Waals surface area (Å²) < 4.78 is 21.3. The lowest BCUT2D eigenvalue weighted by molar-refractivity contribution is -0.155. The van der Waals surface area contributed by atoms with Gasteiger partial charge in [-0.05, 0) is 49.3 Å². The Morgan fingerprint density at radius 3 is 2.27 bits per heavy atom. The van der Waals surface area contributed by atoms with Crippen LogP contribution in [0.25, 0.3) is 0 Å². The zero-order valence-electron chi connectivity index (χ0n) is 18.9. The Kier molecular flexibility index (Phi) is 8.81. The van der Waals surface area contributed by atoms with E-state index in [1.165, 1.54) is 6.42 Å². The maximum Gasteiger partial charge on any atom is 0.306 e. The molecular weight excluding hydrogens is 386 g/mol. The molecule has 1 N–H and O–H groups in total. The van der Waals surface area contributed by atoms with Gasteiger partial charge in [0.1, 0.15) is 0 Å². The molecule has 0 radical (unpaired) electrons. The van der Waals surface area contributed by atoms with E-state index in [-0.39, 0.29) is 18.4 Å². The summed E-state index contributed by atoms with van der Waals surface area (Å²) in [5.41, 5.74) is 0.851. The van der Waals surface area contributed by atoms with Gasteiger partial charge in [-0.3, -0.25) is 9.59 Å². The molecule has 1 amide bonds. The van der Waals surface area contributed by atoms with Gasteiger partial charge in [-0.1, -0.05) is 26.7 Å². The van der Waals surface area contributed by atoms with Crippen molar-refractivity contribution in [3.05, 3.63) is 17.7 Å². The first-order chi connectivity index (χ1) is 14.3. The molecule has 0 unspecified atom stereocenters. The quantitative estimate of drug-likeness (QED) is 0.615. The first-order valence-corrected chi connectivity index (χ1v) is 10.6. The summed E-state index contributed by atoms with van der Waals surface area (Å²) in [4.78, 5) is 24.8. The summed E-state index contributed by atoms with van der Waals surface area (Å²) in [6.45, 7) is 6.00. The SMILES string of the molecule is COc1cc(CCC(=O)O[C@H](C)C(=O)N[C@@H]2CCC[C@H](C)[C@H]2C)cc(OC)c1OC. The highest BCUT2D eigenvalue weighted by molar-refractivity contribution is 5.83. The molecule has 0 aromatic heterocycles. The van der Waals surface area contributed by atoms with Gasteiger partial charge in [0.05, 0.1) is 21.3 Å². The van der Waals surface area contributed by atoms with Crippen molar-refractivity contribution < 1.29 is 28.5 Å². The molecule has 0 heterocycles. The highest BCUT2D eigenvalue weighted by atomic mass is 16.5. The molecule has 168 valence electrons. The molecule has 1 fully saturated rings. The zero-order chi connectivity index (χ0) is 22.3. The highest BCUT2D eigenvalue weighted by Crippen LogP contribution is 2.38. The number of benzene rings is 1. The third-order valence-corrected chi connectivity index (χ3v) is 6.05. The minimum atomic E-state index is -0.818. The van der Waals surface area contributed by atoms with E-state index < -0.39 is 12.1 Å². The fourth-order valence-corrected chi connectivity index (χ4v) is 3.92. The van der Waals surface area contributed by atoms with Gasteiger partial charge < -0.3 is 24.3 Å². The highest BCUT2D eigenvalue weighted by Gasteiger charge is 2.30. The van der Waals surface area contributed by atoms with E-state index >= 15 is 0 Å². The Balaban J connectivity index is 1.88. The van der Waals surface area contributed by atoms with E-state index in [0.717, 1.165) is 18.4 Å². The fraction of sp³-hybridized carbons (Fsp3) is 0.652. The van der Waals surface area contributed by atoms with Crippen molar-refractivity contribution in [2.45, 2.75) is 65.0 Å². The van der Waals surface area contributed by atoms with Crippen LogP contribution in [-0.2, 0) is 20.7 Å². The van der Waals surface area contributed by atoms with Crippen molar-refractivity contribution in [1.29, 1.82) is 0 Å². The Morgan fingerprint density at radius 1 is 1.07 bits per heavy atom. The van der Waals surface area contributed by atoms with Crippen molar-refractivity contribution in [2.24, 2.45) is 11.8 Å². The number of amides is 1. The largest absolute Gasteiger partial charge is 0.493 e. The normalized spacial score (nSPS) is 22.0. The molecule has 0 spiro atoms. The second kappa shape index (κ2) is 11.1. The third kappa shape index (κ3) is 6.03. The van der Waals surface area contributed by atoms with Gasteiger partial charge in [0.2, 0.25) is 5.75 Å². The number of carbonyl (C=O) groups excluding carboxylic acids is 2. The van der Waals surface area contributed by atoms with Crippen LogP contribution < -0.4 is 19.5 Å². The molecule has 0 aliphatic heterocycles. The number of carbonyl (C=O) groups is 2. The number of rotatable bonds is 9. The van der Waals surface area contributed by atoms with Gasteiger partial charge in [-0.15, -0.1) is 0 Å². The number of aryl methyl sites for hydroxylation is 1. The predicted octanol–water partition coefficient (Wildman–Crippen LogP) is 3.52. The number of hydrogen-bond acceptors (Lipinski definition) is 6. The van der Waals surface area contributed by atoms with E-state index in [4.69, 9.17) is 18.9 Å². The van der Waals surface area contributed by atoms with Crippen LogP contribution >= 0.6 is 0 Å². The molecule has 1 aliphatic carbocycles. The molecule has 7 heteroatoms. The Bertz CT molecular complexity index is 709.